The third-order valence-corrected chi connectivity index (χ3v) is 5.73. The molecule has 0 spiro atoms. The Morgan fingerprint density at radius 2 is 1.55 bits per heavy atom. The topological polar surface area (TPSA) is 40.2 Å². The predicted molar refractivity (Wildman–Crippen MR) is 132 cm³/mol. The zero-order valence-corrected chi connectivity index (χ0v) is 19.7. The fraction of sp³-hybridized carbons (Fsp3) is 0.286. The van der Waals surface area contributed by atoms with E-state index < -0.39 is 0 Å². The highest BCUT2D eigenvalue weighted by Gasteiger charge is 2.25. The minimum atomic E-state index is -0.0927. The molecule has 5 nitrogen and oxygen atoms in total. The van der Waals surface area contributed by atoms with Gasteiger partial charge in [-0.25, -0.2) is 0 Å². The Kier molecular flexibility index (Phi) is 7.20. The number of rotatable bonds is 8. The van der Waals surface area contributed by atoms with E-state index in [1.54, 1.807) is 14.2 Å². The molecular formula is C28H31NO4. The first-order chi connectivity index (χ1) is 16.1. The van der Waals surface area contributed by atoms with Crippen molar-refractivity contribution in [3.63, 3.8) is 0 Å². The lowest BCUT2D eigenvalue weighted by Gasteiger charge is -2.29. The van der Waals surface area contributed by atoms with Gasteiger partial charge in [0.05, 0.1) is 14.2 Å². The summed E-state index contributed by atoms with van der Waals surface area (Å²) in [5, 5.41) is 0. The van der Waals surface area contributed by atoms with Crippen molar-refractivity contribution in [2.75, 3.05) is 41.5 Å². The Labute approximate surface area is 196 Å². The van der Waals surface area contributed by atoms with Crippen LogP contribution in [0.25, 0.3) is 11.6 Å². The molecule has 1 heterocycles. The smallest absolute Gasteiger partial charge is 0.131 e. The lowest BCUT2D eigenvalue weighted by molar-refractivity contribution is 0.201. The Bertz CT molecular complexity index is 1090. The molecule has 5 heteroatoms. The standard InChI is InChI=1S/C28H31NO4/c1-29(2)15-16-32-24-11-7-21(8-12-24)27-18-22(17-20-5-9-23(30-3)10-6-20)26-14-13-25(31-4)19-28(26)33-27/h5-14,17,19,27H,15-16,18H2,1-4H3/b22-17+. The number of methoxy groups -OCH3 is 2. The zero-order valence-electron chi connectivity index (χ0n) is 19.7. The van der Waals surface area contributed by atoms with Crippen molar-refractivity contribution >= 4 is 11.6 Å². The second kappa shape index (κ2) is 10.5. The lowest BCUT2D eigenvalue weighted by Crippen LogP contribution is -2.19. The average molecular weight is 446 g/mol. The van der Waals surface area contributed by atoms with E-state index in [0.717, 1.165) is 52.7 Å². The molecule has 0 aliphatic carbocycles. The molecule has 3 aromatic carbocycles. The minimum Gasteiger partial charge on any atom is -0.497 e. The maximum Gasteiger partial charge on any atom is 0.131 e. The van der Waals surface area contributed by atoms with Gasteiger partial charge in [0.2, 0.25) is 0 Å². The average Bonchev–Trinajstić information content (AvgIpc) is 2.84. The minimum absolute atomic E-state index is 0.0927. The van der Waals surface area contributed by atoms with Crippen LogP contribution >= 0.6 is 0 Å². The molecule has 0 aromatic heterocycles. The molecule has 0 amide bonds. The molecule has 4 rings (SSSR count). The molecule has 1 aliphatic rings. The first kappa shape index (κ1) is 22.7. The molecule has 1 atom stereocenters. The lowest BCUT2D eigenvalue weighted by atomic mass is 9.91. The van der Waals surface area contributed by atoms with E-state index in [0.29, 0.717) is 6.61 Å². The Hall–Kier alpha value is -3.44. The van der Waals surface area contributed by atoms with Gasteiger partial charge in [-0.15, -0.1) is 0 Å². The third kappa shape index (κ3) is 5.68. The Morgan fingerprint density at radius 1 is 0.879 bits per heavy atom. The normalized spacial score (nSPS) is 16.3. The van der Waals surface area contributed by atoms with Gasteiger partial charge in [0.1, 0.15) is 35.7 Å². The third-order valence-electron chi connectivity index (χ3n) is 5.73. The monoisotopic (exact) mass is 445 g/mol. The molecule has 172 valence electrons. The van der Waals surface area contributed by atoms with Crippen LogP contribution in [0.15, 0.2) is 66.7 Å². The summed E-state index contributed by atoms with van der Waals surface area (Å²) < 4.78 is 23.0. The van der Waals surface area contributed by atoms with Crippen LogP contribution in [-0.2, 0) is 0 Å². The highest BCUT2D eigenvalue weighted by molar-refractivity contribution is 5.85. The number of ether oxygens (including phenoxy) is 4. The highest BCUT2D eigenvalue weighted by Crippen LogP contribution is 2.44. The van der Waals surface area contributed by atoms with Gasteiger partial charge in [-0.3, -0.25) is 0 Å². The largest absolute Gasteiger partial charge is 0.497 e. The van der Waals surface area contributed by atoms with Crippen molar-refractivity contribution in [1.29, 1.82) is 0 Å². The van der Waals surface area contributed by atoms with E-state index in [-0.39, 0.29) is 6.10 Å². The van der Waals surface area contributed by atoms with Crippen LogP contribution in [0, 0.1) is 0 Å². The molecule has 0 N–H and O–H groups in total. The van der Waals surface area contributed by atoms with Crippen LogP contribution in [0.4, 0.5) is 0 Å². The molecule has 0 bridgehead atoms. The SMILES string of the molecule is COc1ccc(/C=C2\CC(c3ccc(OCCN(C)C)cc3)Oc3cc(OC)ccc32)cc1. The predicted octanol–water partition coefficient (Wildman–Crippen LogP) is 5.71. The summed E-state index contributed by atoms with van der Waals surface area (Å²) in [4.78, 5) is 2.10. The van der Waals surface area contributed by atoms with E-state index >= 15 is 0 Å². The summed E-state index contributed by atoms with van der Waals surface area (Å²) in [6.07, 6.45) is 2.90. The zero-order chi connectivity index (χ0) is 23.2. The molecule has 1 aliphatic heterocycles. The summed E-state index contributed by atoms with van der Waals surface area (Å²) in [7, 11) is 7.43. The molecule has 33 heavy (non-hydrogen) atoms. The summed E-state index contributed by atoms with van der Waals surface area (Å²) in [6, 6.07) is 22.3. The number of benzene rings is 3. The number of hydrogen-bond donors (Lipinski definition) is 0. The number of hydrogen-bond acceptors (Lipinski definition) is 5. The van der Waals surface area contributed by atoms with Crippen LogP contribution in [0.1, 0.15) is 29.2 Å². The quantitative estimate of drug-likeness (QED) is 0.444. The second-order valence-electron chi connectivity index (χ2n) is 8.34. The van der Waals surface area contributed by atoms with Crippen LogP contribution in [0.3, 0.4) is 0 Å². The van der Waals surface area contributed by atoms with Crippen LogP contribution in [0.2, 0.25) is 0 Å². The fourth-order valence-electron chi connectivity index (χ4n) is 3.85. The highest BCUT2D eigenvalue weighted by atomic mass is 16.5. The molecule has 1 unspecified atom stereocenters. The van der Waals surface area contributed by atoms with E-state index in [1.165, 1.54) is 5.57 Å². The first-order valence-electron chi connectivity index (χ1n) is 11.1. The number of nitrogens with zero attached hydrogens (tertiary/aromatic N) is 1. The van der Waals surface area contributed by atoms with Gasteiger partial charge in [-0.1, -0.05) is 30.3 Å². The van der Waals surface area contributed by atoms with E-state index in [4.69, 9.17) is 18.9 Å². The van der Waals surface area contributed by atoms with Gasteiger partial charge >= 0.3 is 0 Å². The van der Waals surface area contributed by atoms with Crippen LogP contribution in [-0.4, -0.2) is 46.4 Å². The summed E-state index contributed by atoms with van der Waals surface area (Å²) in [5.74, 6) is 3.33. The van der Waals surface area contributed by atoms with Gasteiger partial charge in [0.25, 0.3) is 0 Å². The van der Waals surface area contributed by atoms with Crippen LogP contribution < -0.4 is 18.9 Å². The molecular weight excluding hydrogens is 414 g/mol. The summed E-state index contributed by atoms with van der Waals surface area (Å²) >= 11 is 0. The second-order valence-corrected chi connectivity index (χ2v) is 8.34. The van der Waals surface area contributed by atoms with Gasteiger partial charge in [-0.2, -0.15) is 0 Å². The van der Waals surface area contributed by atoms with Gasteiger partial charge < -0.3 is 23.8 Å². The fourth-order valence-corrected chi connectivity index (χ4v) is 3.85. The van der Waals surface area contributed by atoms with Crippen LogP contribution in [0.5, 0.6) is 23.0 Å². The van der Waals surface area contributed by atoms with Crippen molar-refractivity contribution in [2.24, 2.45) is 0 Å². The first-order valence-corrected chi connectivity index (χ1v) is 11.1. The van der Waals surface area contributed by atoms with Crippen molar-refractivity contribution in [1.82, 2.24) is 4.90 Å². The maximum atomic E-state index is 6.43. The summed E-state index contributed by atoms with van der Waals surface area (Å²) in [5.41, 5.74) is 4.55. The molecule has 3 aromatic rings. The van der Waals surface area contributed by atoms with Crippen molar-refractivity contribution < 1.29 is 18.9 Å². The van der Waals surface area contributed by atoms with Gasteiger partial charge in [0, 0.05) is 24.6 Å². The maximum absolute atomic E-state index is 6.43. The van der Waals surface area contributed by atoms with Crippen molar-refractivity contribution in [2.45, 2.75) is 12.5 Å². The van der Waals surface area contributed by atoms with Gasteiger partial charge in [-0.05, 0) is 67.2 Å². The number of fused-ring (bicyclic) bond motifs is 1. The molecule has 0 saturated heterocycles. The van der Waals surface area contributed by atoms with E-state index in [2.05, 4.69) is 41.3 Å². The molecule has 0 saturated carbocycles. The van der Waals surface area contributed by atoms with Crippen molar-refractivity contribution in [3.05, 3.63) is 83.4 Å². The molecule has 0 fully saturated rings. The Balaban J connectivity index is 1.60. The Morgan fingerprint density at radius 3 is 2.21 bits per heavy atom. The molecule has 0 radical (unpaired) electrons. The van der Waals surface area contributed by atoms with E-state index in [1.807, 2.05) is 50.5 Å². The number of likely N-dealkylation sites (N-methyl/N-ethyl adjacent to an activating group) is 1. The van der Waals surface area contributed by atoms with Gasteiger partial charge in [0.15, 0.2) is 0 Å². The summed E-state index contributed by atoms with van der Waals surface area (Å²) in [6.45, 7) is 1.54. The van der Waals surface area contributed by atoms with E-state index in [9.17, 15) is 0 Å². The van der Waals surface area contributed by atoms with Crippen molar-refractivity contribution in [3.8, 4) is 23.0 Å².